The first kappa shape index (κ1) is 14.1. The van der Waals surface area contributed by atoms with Crippen LogP contribution in [0.1, 0.15) is 11.3 Å². The molecule has 0 radical (unpaired) electrons. The van der Waals surface area contributed by atoms with E-state index in [9.17, 15) is 4.79 Å². The monoisotopic (exact) mass is 333 g/mol. The molecule has 1 amide bonds. The molecule has 0 fully saturated rings. The van der Waals surface area contributed by atoms with Crippen molar-refractivity contribution in [2.24, 2.45) is 4.99 Å². The Hall–Kier alpha value is -3.28. The van der Waals surface area contributed by atoms with Crippen LogP contribution in [0.25, 0.3) is 10.9 Å². The number of nitrogens with one attached hydrogen (secondary N) is 2. The highest BCUT2D eigenvalue weighted by Gasteiger charge is 2.26. The number of carbonyl (C=O) groups is 1. The number of benzene rings is 2. The van der Waals surface area contributed by atoms with E-state index in [2.05, 4.69) is 15.3 Å². The number of hydrogen-bond donors (Lipinski definition) is 2. The molecule has 2 N–H and O–H groups in total. The molecule has 0 saturated carbocycles. The first-order chi connectivity index (χ1) is 12.3. The van der Waals surface area contributed by atoms with Crippen molar-refractivity contribution in [2.45, 2.75) is 0 Å². The van der Waals surface area contributed by atoms with Crippen LogP contribution in [0, 0.1) is 0 Å². The number of aromatic amines is 1. The summed E-state index contributed by atoms with van der Waals surface area (Å²) < 4.78 is 11.5. The molecule has 3 heterocycles. The quantitative estimate of drug-likeness (QED) is 0.719. The molecule has 2 aliphatic rings. The number of aliphatic imine (C=N–C) groups is 1. The van der Waals surface area contributed by atoms with Gasteiger partial charge in [-0.2, -0.15) is 0 Å². The Labute approximate surface area is 143 Å². The molecule has 0 aliphatic carbocycles. The molecule has 0 atom stereocenters. The number of hydrogen-bond acceptors (Lipinski definition) is 4. The Morgan fingerprint density at radius 1 is 1.00 bits per heavy atom. The number of rotatable bonds is 1. The standard InChI is InChI=1S/C19H15N3O3/c23-15-10-20-16(12-5-3-7-14-19(12)25-9-8-24-14)18-17(22-15)11-4-1-2-6-13(11)21-18/h1-7,21H,8-10H2,(H,22,23). The van der Waals surface area contributed by atoms with Gasteiger partial charge in [-0.25, -0.2) is 0 Å². The summed E-state index contributed by atoms with van der Waals surface area (Å²) in [6.45, 7) is 1.09. The fourth-order valence-corrected chi connectivity index (χ4v) is 3.34. The normalized spacial score (nSPS) is 16.0. The van der Waals surface area contributed by atoms with Crippen molar-refractivity contribution in [1.82, 2.24) is 4.98 Å². The average molecular weight is 333 g/mol. The van der Waals surface area contributed by atoms with E-state index < -0.39 is 0 Å². The fraction of sp³-hybridized carbons (Fsp3) is 0.158. The van der Waals surface area contributed by atoms with E-state index >= 15 is 0 Å². The Bertz CT molecular complexity index is 1040. The molecule has 0 spiro atoms. The summed E-state index contributed by atoms with van der Waals surface area (Å²) in [5.41, 5.74) is 4.01. The molecule has 0 unspecified atom stereocenters. The lowest BCUT2D eigenvalue weighted by molar-refractivity contribution is -0.114. The number of aromatic nitrogens is 1. The van der Waals surface area contributed by atoms with Gasteiger partial charge in [0, 0.05) is 16.5 Å². The number of H-pyrrole nitrogens is 1. The molecule has 1 aromatic heterocycles. The number of anilines is 1. The van der Waals surface area contributed by atoms with Gasteiger partial charge in [-0.15, -0.1) is 0 Å². The Morgan fingerprint density at radius 3 is 2.84 bits per heavy atom. The molecular weight excluding hydrogens is 318 g/mol. The number of nitrogens with zero attached hydrogens (tertiary/aromatic N) is 1. The third-order valence-electron chi connectivity index (χ3n) is 4.41. The van der Waals surface area contributed by atoms with E-state index in [0.29, 0.717) is 30.4 Å². The van der Waals surface area contributed by atoms with Crippen LogP contribution in [-0.4, -0.2) is 36.4 Å². The highest BCUT2D eigenvalue weighted by molar-refractivity contribution is 6.23. The van der Waals surface area contributed by atoms with Gasteiger partial charge in [0.15, 0.2) is 11.5 Å². The van der Waals surface area contributed by atoms with Crippen molar-refractivity contribution in [3.05, 3.63) is 53.7 Å². The third-order valence-corrected chi connectivity index (χ3v) is 4.41. The van der Waals surface area contributed by atoms with Crippen LogP contribution in [0.3, 0.4) is 0 Å². The Balaban J connectivity index is 1.77. The molecular formula is C19H15N3O3. The van der Waals surface area contributed by atoms with Gasteiger partial charge in [0.25, 0.3) is 0 Å². The molecule has 0 bridgehead atoms. The van der Waals surface area contributed by atoms with Crippen molar-refractivity contribution in [2.75, 3.05) is 25.1 Å². The Morgan fingerprint density at radius 2 is 1.88 bits per heavy atom. The summed E-state index contributed by atoms with van der Waals surface area (Å²) in [6, 6.07) is 13.6. The van der Waals surface area contributed by atoms with Crippen LogP contribution in [0.4, 0.5) is 5.69 Å². The molecule has 6 nitrogen and oxygen atoms in total. The maximum atomic E-state index is 12.2. The number of amides is 1. The highest BCUT2D eigenvalue weighted by atomic mass is 16.6. The second kappa shape index (κ2) is 5.37. The molecule has 25 heavy (non-hydrogen) atoms. The second-order valence-electron chi connectivity index (χ2n) is 5.96. The Kier molecular flexibility index (Phi) is 3.03. The van der Waals surface area contributed by atoms with Crippen LogP contribution in [-0.2, 0) is 4.79 Å². The average Bonchev–Trinajstić information content (AvgIpc) is 2.92. The van der Waals surface area contributed by atoms with Crippen molar-refractivity contribution in [3.8, 4) is 11.5 Å². The minimum Gasteiger partial charge on any atom is -0.486 e. The molecule has 0 saturated heterocycles. The van der Waals surface area contributed by atoms with Gasteiger partial charge in [0.1, 0.15) is 19.8 Å². The largest absolute Gasteiger partial charge is 0.486 e. The smallest absolute Gasteiger partial charge is 0.246 e. The fourth-order valence-electron chi connectivity index (χ4n) is 3.34. The van der Waals surface area contributed by atoms with Gasteiger partial charge in [0.2, 0.25) is 5.91 Å². The minimum absolute atomic E-state index is 0.0662. The van der Waals surface area contributed by atoms with Crippen molar-refractivity contribution in [1.29, 1.82) is 0 Å². The van der Waals surface area contributed by atoms with Gasteiger partial charge in [-0.3, -0.25) is 9.79 Å². The summed E-state index contributed by atoms with van der Waals surface area (Å²) in [5.74, 6) is 1.24. The number of fused-ring (bicyclic) bond motifs is 4. The summed E-state index contributed by atoms with van der Waals surface area (Å²) in [5, 5.41) is 3.93. The zero-order chi connectivity index (χ0) is 16.8. The number of para-hydroxylation sites is 2. The molecule has 5 rings (SSSR count). The summed E-state index contributed by atoms with van der Waals surface area (Å²) in [4.78, 5) is 20.1. The van der Waals surface area contributed by atoms with E-state index in [1.807, 2.05) is 42.5 Å². The summed E-state index contributed by atoms with van der Waals surface area (Å²) in [7, 11) is 0. The first-order valence-electron chi connectivity index (χ1n) is 8.15. The summed E-state index contributed by atoms with van der Waals surface area (Å²) >= 11 is 0. The molecule has 2 aliphatic heterocycles. The topological polar surface area (TPSA) is 75.7 Å². The maximum absolute atomic E-state index is 12.2. The van der Waals surface area contributed by atoms with Gasteiger partial charge in [-0.1, -0.05) is 24.3 Å². The van der Waals surface area contributed by atoms with E-state index in [0.717, 1.165) is 27.8 Å². The van der Waals surface area contributed by atoms with Gasteiger partial charge < -0.3 is 19.8 Å². The van der Waals surface area contributed by atoms with Crippen LogP contribution >= 0.6 is 0 Å². The molecule has 2 aromatic carbocycles. The SMILES string of the molecule is O=C1CN=C(c2cccc3c2OCCO3)c2[nH]c3ccccc3c2N1. The van der Waals surface area contributed by atoms with E-state index in [-0.39, 0.29) is 12.5 Å². The van der Waals surface area contributed by atoms with E-state index in [4.69, 9.17) is 9.47 Å². The zero-order valence-electron chi connectivity index (χ0n) is 13.3. The van der Waals surface area contributed by atoms with Gasteiger partial charge in [0.05, 0.1) is 17.1 Å². The van der Waals surface area contributed by atoms with Crippen LogP contribution in [0.15, 0.2) is 47.5 Å². The lowest BCUT2D eigenvalue weighted by atomic mass is 10.0. The maximum Gasteiger partial charge on any atom is 0.246 e. The number of carbonyl (C=O) groups excluding carboxylic acids is 1. The van der Waals surface area contributed by atoms with E-state index in [1.54, 1.807) is 0 Å². The summed E-state index contributed by atoms with van der Waals surface area (Å²) in [6.07, 6.45) is 0. The second-order valence-corrected chi connectivity index (χ2v) is 5.96. The van der Waals surface area contributed by atoms with Crippen molar-refractivity contribution in [3.63, 3.8) is 0 Å². The molecule has 124 valence electrons. The molecule has 6 heteroatoms. The third kappa shape index (κ3) is 2.18. The number of ether oxygens (including phenoxy) is 2. The first-order valence-corrected chi connectivity index (χ1v) is 8.15. The molecule has 3 aromatic rings. The van der Waals surface area contributed by atoms with Crippen molar-refractivity contribution >= 4 is 28.2 Å². The minimum atomic E-state index is -0.136. The van der Waals surface area contributed by atoms with Gasteiger partial charge in [-0.05, 0) is 18.2 Å². The predicted octanol–water partition coefficient (Wildman–Crippen LogP) is 2.73. The van der Waals surface area contributed by atoms with Crippen LogP contribution in [0.2, 0.25) is 0 Å². The van der Waals surface area contributed by atoms with Gasteiger partial charge >= 0.3 is 0 Å². The predicted molar refractivity (Wildman–Crippen MR) is 94.9 cm³/mol. The zero-order valence-corrected chi connectivity index (χ0v) is 13.3. The van der Waals surface area contributed by atoms with Crippen LogP contribution in [0.5, 0.6) is 11.5 Å². The highest BCUT2D eigenvalue weighted by Crippen LogP contribution is 2.38. The lowest BCUT2D eigenvalue weighted by Crippen LogP contribution is -2.18. The van der Waals surface area contributed by atoms with E-state index in [1.165, 1.54) is 0 Å². The lowest BCUT2D eigenvalue weighted by Gasteiger charge is -2.21. The van der Waals surface area contributed by atoms with Crippen LogP contribution < -0.4 is 14.8 Å². The van der Waals surface area contributed by atoms with Crippen molar-refractivity contribution < 1.29 is 14.3 Å².